The molecule has 17 heavy (non-hydrogen) atoms. The predicted molar refractivity (Wildman–Crippen MR) is 70.3 cm³/mol. The number of nitrogens with zero attached hydrogens (tertiary/aromatic N) is 3. The minimum absolute atomic E-state index is 0.185. The van der Waals surface area contributed by atoms with Gasteiger partial charge in [0, 0.05) is 16.8 Å². The van der Waals surface area contributed by atoms with E-state index in [-0.39, 0.29) is 6.04 Å². The molecule has 0 saturated heterocycles. The molecule has 2 aromatic rings. The third kappa shape index (κ3) is 1.78. The molecule has 1 aliphatic heterocycles. The number of guanidine groups is 1. The highest BCUT2D eigenvalue weighted by Crippen LogP contribution is 2.32. The fourth-order valence-electron chi connectivity index (χ4n) is 2.01. The maximum atomic E-state index is 5.97. The number of para-hydroxylation sites is 1. The Morgan fingerprint density at radius 1 is 1.29 bits per heavy atom. The van der Waals surface area contributed by atoms with Gasteiger partial charge >= 0.3 is 0 Å². The summed E-state index contributed by atoms with van der Waals surface area (Å²) in [6, 6.07) is 10.3. The third-order valence-electron chi connectivity index (χ3n) is 2.80. The van der Waals surface area contributed by atoms with Gasteiger partial charge in [-0.15, -0.1) is 11.3 Å². The van der Waals surface area contributed by atoms with Crippen molar-refractivity contribution in [3.63, 3.8) is 0 Å². The summed E-state index contributed by atoms with van der Waals surface area (Å²) in [5.41, 5.74) is 8.88. The van der Waals surface area contributed by atoms with Gasteiger partial charge in [0.15, 0.2) is 5.96 Å². The highest BCUT2D eigenvalue weighted by molar-refractivity contribution is 7.09. The first-order chi connectivity index (χ1) is 8.36. The smallest absolute Gasteiger partial charge is 0.196 e. The molecule has 0 saturated carbocycles. The average molecular weight is 244 g/mol. The van der Waals surface area contributed by atoms with Crippen molar-refractivity contribution in [3.05, 3.63) is 46.9 Å². The molecule has 0 fully saturated rings. The van der Waals surface area contributed by atoms with Crippen LogP contribution in [-0.2, 0) is 0 Å². The summed E-state index contributed by atoms with van der Waals surface area (Å²) in [5.74, 6) is 0.578. The van der Waals surface area contributed by atoms with E-state index in [1.807, 2.05) is 42.0 Å². The Balaban J connectivity index is 1.98. The van der Waals surface area contributed by atoms with Crippen molar-refractivity contribution in [1.82, 2.24) is 4.98 Å². The Morgan fingerprint density at radius 3 is 2.82 bits per heavy atom. The lowest BCUT2D eigenvalue weighted by molar-refractivity contribution is 0.782. The third-order valence-corrected chi connectivity index (χ3v) is 3.68. The second kappa shape index (κ2) is 4.18. The normalized spacial score (nSPS) is 19.4. The van der Waals surface area contributed by atoms with Gasteiger partial charge in [0.2, 0.25) is 0 Å². The number of anilines is 1. The zero-order valence-electron chi connectivity index (χ0n) is 9.15. The molecular weight excluding hydrogens is 232 g/mol. The largest absolute Gasteiger partial charge is 0.369 e. The highest BCUT2D eigenvalue weighted by atomic mass is 32.1. The maximum Gasteiger partial charge on any atom is 0.196 e. The number of hydrogen-bond donors (Lipinski definition) is 1. The SMILES string of the molecule is NC1=NCC(c2cncs2)N1c1ccccc1. The zero-order valence-corrected chi connectivity index (χ0v) is 9.97. The predicted octanol–water partition coefficient (Wildman–Crippen LogP) is 2.02. The number of nitrogens with two attached hydrogens (primary N) is 1. The molecule has 1 aliphatic rings. The molecule has 4 nitrogen and oxygen atoms in total. The Kier molecular flexibility index (Phi) is 2.53. The Morgan fingerprint density at radius 2 is 2.12 bits per heavy atom. The fraction of sp³-hybridized carbons (Fsp3) is 0.167. The summed E-state index contributed by atoms with van der Waals surface area (Å²) in [7, 11) is 0. The van der Waals surface area contributed by atoms with E-state index in [1.165, 1.54) is 4.88 Å². The number of benzene rings is 1. The molecule has 2 heterocycles. The van der Waals surface area contributed by atoms with Crippen LogP contribution >= 0.6 is 11.3 Å². The minimum Gasteiger partial charge on any atom is -0.369 e. The summed E-state index contributed by atoms with van der Waals surface area (Å²) in [6.07, 6.45) is 1.89. The first-order valence-corrected chi connectivity index (χ1v) is 6.27. The van der Waals surface area contributed by atoms with E-state index in [0.717, 1.165) is 5.69 Å². The minimum atomic E-state index is 0.185. The fourth-order valence-corrected chi connectivity index (χ4v) is 2.71. The van der Waals surface area contributed by atoms with E-state index in [2.05, 4.69) is 14.9 Å². The lowest BCUT2D eigenvalue weighted by Crippen LogP contribution is -2.35. The standard InChI is InChI=1S/C12H12N4S/c13-12-15-6-10(11-7-14-8-17-11)16(12)9-4-2-1-3-5-9/h1-5,7-8,10H,6H2,(H2,13,15). The molecule has 0 radical (unpaired) electrons. The van der Waals surface area contributed by atoms with Crippen LogP contribution in [0.2, 0.25) is 0 Å². The van der Waals surface area contributed by atoms with Crippen LogP contribution in [0.4, 0.5) is 5.69 Å². The molecule has 1 aromatic carbocycles. The molecule has 2 N–H and O–H groups in total. The summed E-state index contributed by atoms with van der Waals surface area (Å²) >= 11 is 1.64. The highest BCUT2D eigenvalue weighted by Gasteiger charge is 2.29. The number of rotatable bonds is 2. The van der Waals surface area contributed by atoms with E-state index < -0.39 is 0 Å². The number of aliphatic imine (C=N–C) groups is 1. The molecule has 3 rings (SSSR count). The van der Waals surface area contributed by atoms with Gasteiger partial charge in [-0.3, -0.25) is 9.98 Å². The van der Waals surface area contributed by atoms with Crippen molar-refractivity contribution in [3.8, 4) is 0 Å². The van der Waals surface area contributed by atoms with Crippen LogP contribution in [0.5, 0.6) is 0 Å². The number of aromatic nitrogens is 1. The summed E-state index contributed by atoms with van der Waals surface area (Å²) < 4.78 is 0. The van der Waals surface area contributed by atoms with E-state index in [4.69, 9.17) is 5.73 Å². The molecule has 1 atom stereocenters. The lowest BCUT2D eigenvalue weighted by atomic mass is 10.2. The van der Waals surface area contributed by atoms with Gasteiger partial charge in [-0.2, -0.15) is 0 Å². The molecule has 1 unspecified atom stereocenters. The second-order valence-electron chi connectivity index (χ2n) is 3.82. The van der Waals surface area contributed by atoms with Crippen molar-refractivity contribution in [2.24, 2.45) is 10.7 Å². The number of hydrogen-bond acceptors (Lipinski definition) is 5. The van der Waals surface area contributed by atoms with Crippen LogP contribution in [0.1, 0.15) is 10.9 Å². The molecule has 5 heteroatoms. The Labute approximate surface area is 103 Å². The maximum absolute atomic E-state index is 5.97. The topological polar surface area (TPSA) is 54.5 Å². The summed E-state index contributed by atoms with van der Waals surface area (Å²) in [5, 5.41) is 0. The quantitative estimate of drug-likeness (QED) is 0.879. The molecule has 0 amide bonds. The van der Waals surface area contributed by atoms with Crippen LogP contribution in [0.3, 0.4) is 0 Å². The first-order valence-electron chi connectivity index (χ1n) is 5.39. The second-order valence-corrected chi connectivity index (χ2v) is 4.74. The molecular formula is C12H12N4S. The molecule has 0 spiro atoms. The van der Waals surface area contributed by atoms with Gasteiger partial charge < -0.3 is 10.6 Å². The van der Waals surface area contributed by atoms with Crippen molar-refractivity contribution in [2.45, 2.75) is 6.04 Å². The van der Waals surface area contributed by atoms with Crippen LogP contribution in [-0.4, -0.2) is 17.5 Å². The molecule has 1 aromatic heterocycles. The monoisotopic (exact) mass is 244 g/mol. The van der Waals surface area contributed by atoms with Gasteiger partial charge in [0.25, 0.3) is 0 Å². The van der Waals surface area contributed by atoms with E-state index in [9.17, 15) is 0 Å². The average Bonchev–Trinajstić information content (AvgIpc) is 2.98. The van der Waals surface area contributed by atoms with Gasteiger partial charge in [0.1, 0.15) is 0 Å². The van der Waals surface area contributed by atoms with Crippen LogP contribution in [0.25, 0.3) is 0 Å². The number of thiazole rings is 1. The van der Waals surface area contributed by atoms with Gasteiger partial charge in [-0.1, -0.05) is 18.2 Å². The zero-order chi connectivity index (χ0) is 11.7. The summed E-state index contributed by atoms with van der Waals surface area (Å²) in [4.78, 5) is 11.7. The van der Waals surface area contributed by atoms with Crippen LogP contribution in [0, 0.1) is 0 Å². The van der Waals surface area contributed by atoms with Crippen molar-refractivity contribution in [1.29, 1.82) is 0 Å². The Bertz CT molecular complexity index is 521. The van der Waals surface area contributed by atoms with Gasteiger partial charge in [-0.25, -0.2) is 0 Å². The van der Waals surface area contributed by atoms with Gasteiger partial charge in [0.05, 0.1) is 18.1 Å². The van der Waals surface area contributed by atoms with Crippen molar-refractivity contribution >= 4 is 23.0 Å². The van der Waals surface area contributed by atoms with Crippen LogP contribution in [0.15, 0.2) is 47.0 Å². The molecule has 0 bridgehead atoms. The van der Waals surface area contributed by atoms with Gasteiger partial charge in [-0.05, 0) is 12.1 Å². The van der Waals surface area contributed by atoms with E-state index in [0.29, 0.717) is 12.5 Å². The molecule has 0 aliphatic carbocycles. The van der Waals surface area contributed by atoms with Crippen LogP contribution < -0.4 is 10.6 Å². The van der Waals surface area contributed by atoms with Crippen molar-refractivity contribution in [2.75, 3.05) is 11.4 Å². The Hall–Kier alpha value is -1.88. The van der Waals surface area contributed by atoms with E-state index in [1.54, 1.807) is 11.3 Å². The lowest BCUT2D eigenvalue weighted by Gasteiger charge is -2.25. The van der Waals surface area contributed by atoms with Crippen molar-refractivity contribution < 1.29 is 0 Å². The molecule has 86 valence electrons. The summed E-state index contributed by atoms with van der Waals surface area (Å²) in [6.45, 7) is 0.697. The van der Waals surface area contributed by atoms with E-state index >= 15 is 0 Å². The first kappa shape index (κ1) is 10.3.